The maximum absolute atomic E-state index is 9.66. The van der Waals surface area contributed by atoms with Crippen molar-refractivity contribution < 1.29 is 5.11 Å². The Morgan fingerprint density at radius 1 is 0.941 bits per heavy atom. The van der Waals surface area contributed by atoms with Gasteiger partial charge in [-0.1, -0.05) is 41.4 Å². The smallest absolute Gasteiger partial charge is 0.161 e. The van der Waals surface area contributed by atoms with Gasteiger partial charge < -0.3 is 5.11 Å². The topological polar surface area (TPSA) is 45.0 Å². The van der Waals surface area contributed by atoms with E-state index in [4.69, 9.17) is 23.2 Å². The maximum Gasteiger partial charge on any atom is 0.161 e. The number of phenolic OH excluding ortho intramolecular Hbond substituents is 1. The molecule has 2 aromatic rings. The Kier molecular flexibility index (Phi) is 3.61. The van der Waals surface area contributed by atoms with Gasteiger partial charge in [0.15, 0.2) is 5.75 Å². The van der Waals surface area contributed by atoms with Gasteiger partial charge in [0, 0.05) is 5.02 Å². The number of rotatable bonds is 2. The molecule has 0 heterocycles. The van der Waals surface area contributed by atoms with Gasteiger partial charge in [0.05, 0.1) is 10.7 Å². The quantitative estimate of drug-likeness (QED) is 0.754. The molecule has 2 rings (SSSR count). The van der Waals surface area contributed by atoms with Gasteiger partial charge >= 0.3 is 0 Å². The third-order valence-corrected chi connectivity index (χ3v) is 2.54. The van der Waals surface area contributed by atoms with Gasteiger partial charge in [-0.3, -0.25) is 0 Å². The molecule has 0 aliphatic heterocycles. The fourth-order valence-corrected chi connectivity index (χ4v) is 1.72. The zero-order chi connectivity index (χ0) is 12.3. The monoisotopic (exact) mass is 266 g/mol. The van der Waals surface area contributed by atoms with Crippen molar-refractivity contribution in [2.45, 2.75) is 0 Å². The van der Waals surface area contributed by atoms with Gasteiger partial charge in [0.1, 0.15) is 5.69 Å². The fraction of sp³-hybridized carbons (Fsp3) is 0. The molecule has 0 unspecified atom stereocenters. The van der Waals surface area contributed by atoms with Crippen molar-refractivity contribution in [3.63, 3.8) is 0 Å². The number of halogens is 2. The molecule has 0 bridgehead atoms. The predicted molar refractivity (Wildman–Crippen MR) is 68.7 cm³/mol. The average Bonchev–Trinajstić information content (AvgIpc) is 2.33. The molecule has 86 valence electrons. The second-order valence-electron chi connectivity index (χ2n) is 3.29. The molecule has 0 atom stereocenters. The summed E-state index contributed by atoms with van der Waals surface area (Å²) in [5.41, 5.74) is 0.925. The van der Waals surface area contributed by atoms with Crippen molar-refractivity contribution in [3.05, 3.63) is 52.5 Å². The molecule has 0 saturated carbocycles. The molecule has 0 aliphatic carbocycles. The molecule has 0 fully saturated rings. The van der Waals surface area contributed by atoms with Crippen LogP contribution in [-0.4, -0.2) is 5.11 Å². The van der Waals surface area contributed by atoms with Crippen LogP contribution in [0, 0.1) is 0 Å². The van der Waals surface area contributed by atoms with E-state index in [0.29, 0.717) is 10.7 Å². The summed E-state index contributed by atoms with van der Waals surface area (Å²) < 4.78 is 0. The Labute approximate surface area is 108 Å². The van der Waals surface area contributed by atoms with Crippen molar-refractivity contribution in [3.8, 4) is 5.75 Å². The van der Waals surface area contributed by atoms with E-state index in [2.05, 4.69) is 10.2 Å². The summed E-state index contributed by atoms with van der Waals surface area (Å²) in [5.74, 6) is -0.129. The first-order chi connectivity index (χ1) is 8.16. The van der Waals surface area contributed by atoms with Gasteiger partial charge in [-0.15, -0.1) is 5.11 Å². The minimum atomic E-state index is -0.129. The standard InChI is InChI=1S/C12H8Cl2N2O/c13-8-6-10(14)12(17)11(7-8)16-15-9-4-2-1-3-5-9/h1-7,17H. The third-order valence-electron chi connectivity index (χ3n) is 2.04. The predicted octanol–water partition coefficient (Wildman–Crippen LogP) is 5.11. The van der Waals surface area contributed by atoms with Crippen molar-refractivity contribution in [2.24, 2.45) is 10.2 Å². The normalized spacial score (nSPS) is 10.9. The van der Waals surface area contributed by atoms with E-state index >= 15 is 0 Å². The minimum Gasteiger partial charge on any atom is -0.504 e. The van der Waals surface area contributed by atoms with Crippen LogP contribution in [0.3, 0.4) is 0 Å². The Balaban J connectivity index is 2.33. The van der Waals surface area contributed by atoms with Crippen LogP contribution in [-0.2, 0) is 0 Å². The first-order valence-corrected chi connectivity index (χ1v) is 5.57. The summed E-state index contributed by atoms with van der Waals surface area (Å²) in [6, 6.07) is 12.1. The summed E-state index contributed by atoms with van der Waals surface area (Å²) >= 11 is 11.6. The Hall–Kier alpha value is -1.58. The van der Waals surface area contributed by atoms with Crippen LogP contribution in [0.15, 0.2) is 52.7 Å². The Bertz CT molecular complexity index is 556. The first-order valence-electron chi connectivity index (χ1n) is 4.81. The number of hydrogen-bond donors (Lipinski definition) is 1. The van der Waals surface area contributed by atoms with E-state index in [1.807, 2.05) is 18.2 Å². The van der Waals surface area contributed by atoms with E-state index < -0.39 is 0 Å². The second-order valence-corrected chi connectivity index (χ2v) is 4.13. The average molecular weight is 267 g/mol. The van der Waals surface area contributed by atoms with E-state index in [0.717, 1.165) is 0 Å². The number of aromatic hydroxyl groups is 1. The first kappa shape index (κ1) is 11.9. The van der Waals surface area contributed by atoms with Crippen molar-refractivity contribution in [2.75, 3.05) is 0 Å². The van der Waals surface area contributed by atoms with Gasteiger partial charge in [-0.05, 0) is 24.3 Å². The fourth-order valence-electron chi connectivity index (χ4n) is 1.23. The molecule has 1 N–H and O–H groups in total. The molecule has 0 radical (unpaired) electrons. The van der Waals surface area contributed by atoms with E-state index in [-0.39, 0.29) is 16.5 Å². The van der Waals surface area contributed by atoms with E-state index in [1.165, 1.54) is 12.1 Å². The van der Waals surface area contributed by atoms with Gasteiger partial charge in [-0.2, -0.15) is 5.11 Å². The molecule has 2 aromatic carbocycles. The van der Waals surface area contributed by atoms with Crippen LogP contribution < -0.4 is 0 Å². The highest BCUT2D eigenvalue weighted by molar-refractivity contribution is 6.36. The Morgan fingerprint density at radius 3 is 2.35 bits per heavy atom. The van der Waals surface area contributed by atoms with Crippen LogP contribution in [0.4, 0.5) is 11.4 Å². The summed E-state index contributed by atoms with van der Waals surface area (Å²) in [4.78, 5) is 0. The van der Waals surface area contributed by atoms with E-state index in [9.17, 15) is 5.11 Å². The molecule has 0 saturated heterocycles. The van der Waals surface area contributed by atoms with Gasteiger partial charge in [0.2, 0.25) is 0 Å². The molecule has 17 heavy (non-hydrogen) atoms. The molecule has 0 aliphatic rings. The van der Waals surface area contributed by atoms with Crippen LogP contribution in [0.25, 0.3) is 0 Å². The minimum absolute atomic E-state index is 0.129. The summed E-state index contributed by atoms with van der Waals surface area (Å²) in [6.45, 7) is 0. The summed E-state index contributed by atoms with van der Waals surface area (Å²) in [6.07, 6.45) is 0. The van der Waals surface area contributed by atoms with Crippen LogP contribution in [0.1, 0.15) is 0 Å². The summed E-state index contributed by atoms with van der Waals surface area (Å²) in [5, 5.41) is 18.1. The van der Waals surface area contributed by atoms with Gasteiger partial charge in [0.25, 0.3) is 0 Å². The van der Waals surface area contributed by atoms with Crippen molar-refractivity contribution in [1.29, 1.82) is 0 Å². The zero-order valence-corrected chi connectivity index (χ0v) is 10.2. The lowest BCUT2D eigenvalue weighted by Crippen LogP contribution is -1.72. The molecule has 0 spiro atoms. The lowest BCUT2D eigenvalue weighted by atomic mass is 10.3. The lowest BCUT2D eigenvalue weighted by Gasteiger charge is -2.01. The molecule has 0 amide bonds. The van der Waals surface area contributed by atoms with Gasteiger partial charge in [-0.25, -0.2) is 0 Å². The number of hydrogen-bond acceptors (Lipinski definition) is 3. The highest BCUT2D eigenvalue weighted by Gasteiger charge is 2.06. The van der Waals surface area contributed by atoms with E-state index in [1.54, 1.807) is 12.1 Å². The third kappa shape index (κ3) is 2.96. The number of benzene rings is 2. The molecule has 0 aromatic heterocycles. The highest BCUT2D eigenvalue weighted by atomic mass is 35.5. The maximum atomic E-state index is 9.66. The highest BCUT2D eigenvalue weighted by Crippen LogP contribution is 2.37. The molecule has 3 nitrogen and oxygen atoms in total. The SMILES string of the molecule is Oc1c(Cl)cc(Cl)cc1N=Nc1ccccc1. The molecule has 5 heteroatoms. The molecular formula is C12H8Cl2N2O. The van der Waals surface area contributed by atoms with Crippen molar-refractivity contribution in [1.82, 2.24) is 0 Å². The number of phenols is 1. The largest absolute Gasteiger partial charge is 0.504 e. The second kappa shape index (κ2) is 5.17. The zero-order valence-electron chi connectivity index (χ0n) is 8.64. The number of azo groups is 1. The molecular weight excluding hydrogens is 259 g/mol. The Morgan fingerprint density at radius 2 is 1.65 bits per heavy atom. The number of nitrogens with zero attached hydrogens (tertiary/aromatic N) is 2. The lowest BCUT2D eigenvalue weighted by molar-refractivity contribution is 0.476. The van der Waals surface area contributed by atoms with Crippen LogP contribution >= 0.6 is 23.2 Å². The van der Waals surface area contributed by atoms with Crippen LogP contribution in [0.2, 0.25) is 10.0 Å². The van der Waals surface area contributed by atoms with Crippen molar-refractivity contribution >= 4 is 34.6 Å². The summed E-state index contributed by atoms with van der Waals surface area (Å²) in [7, 11) is 0. The van der Waals surface area contributed by atoms with Crippen LogP contribution in [0.5, 0.6) is 5.75 Å².